The van der Waals surface area contributed by atoms with Crippen LogP contribution in [-0.2, 0) is 0 Å². The van der Waals surface area contributed by atoms with Crippen LogP contribution < -0.4 is 15.8 Å². The Bertz CT molecular complexity index is 365. The number of nitrogen functional groups attached to an aromatic ring is 1. The summed E-state index contributed by atoms with van der Waals surface area (Å²) in [5.74, 6) is 6.80. The highest BCUT2D eigenvalue weighted by molar-refractivity contribution is 5.50. The first kappa shape index (κ1) is 10.4. The number of hydrogen-bond donors (Lipinski definition) is 2. The Labute approximate surface area is 83.5 Å². The predicted molar refractivity (Wildman–Crippen MR) is 56.0 cm³/mol. The summed E-state index contributed by atoms with van der Waals surface area (Å²) in [7, 11) is 3.40. The molecular formula is C10H13N3O. The van der Waals surface area contributed by atoms with Gasteiger partial charge in [0.15, 0.2) is 11.6 Å². The zero-order valence-electron chi connectivity index (χ0n) is 8.29. The van der Waals surface area contributed by atoms with Crippen LogP contribution in [0.5, 0.6) is 5.75 Å². The second-order valence-electron chi connectivity index (χ2n) is 2.64. The molecule has 0 aliphatic heterocycles. The second kappa shape index (κ2) is 5.10. The summed E-state index contributed by atoms with van der Waals surface area (Å²) in [5, 5.41) is 2.93. The average Bonchev–Trinajstić information content (AvgIpc) is 2.21. The molecule has 0 spiro atoms. The van der Waals surface area contributed by atoms with E-state index < -0.39 is 0 Å². The fourth-order valence-corrected chi connectivity index (χ4v) is 0.922. The van der Waals surface area contributed by atoms with Gasteiger partial charge < -0.3 is 15.8 Å². The molecule has 74 valence electrons. The molecule has 1 heterocycles. The highest BCUT2D eigenvalue weighted by atomic mass is 16.5. The van der Waals surface area contributed by atoms with Crippen LogP contribution in [0.4, 0.5) is 5.82 Å². The standard InChI is InChI=1S/C10H13N3O/c1-12-5-3-4-8-6-9(14-2)10(11)13-7-8/h6-7,12H,5H2,1-2H3,(H2,11,13). The molecule has 0 saturated carbocycles. The van der Waals surface area contributed by atoms with Gasteiger partial charge in [-0.25, -0.2) is 4.98 Å². The molecule has 0 saturated heterocycles. The summed E-state index contributed by atoms with van der Waals surface area (Å²) in [6, 6.07) is 1.77. The fraction of sp³-hybridized carbons (Fsp3) is 0.300. The van der Waals surface area contributed by atoms with E-state index in [9.17, 15) is 0 Å². The topological polar surface area (TPSA) is 60.2 Å². The minimum atomic E-state index is 0.381. The van der Waals surface area contributed by atoms with Gasteiger partial charge in [-0.2, -0.15) is 0 Å². The van der Waals surface area contributed by atoms with Gasteiger partial charge in [0.2, 0.25) is 0 Å². The molecule has 1 aromatic rings. The molecule has 4 nitrogen and oxygen atoms in total. The molecule has 0 aliphatic rings. The summed E-state index contributed by atoms with van der Waals surface area (Å²) in [5.41, 5.74) is 6.36. The Morgan fingerprint density at radius 1 is 1.64 bits per heavy atom. The van der Waals surface area contributed by atoms with E-state index in [1.807, 2.05) is 7.05 Å². The minimum Gasteiger partial charge on any atom is -0.493 e. The van der Waals surface area contributed by atoms with Crippen LogP contribution >= 0.6 is 0 Å². The zero-order chi connectivity index (χ0) is 10.4. The predicted octanol–water partition coefficient (Wildman–Crippen LogP) is 0.243. The first-order valence-corrected chi connectivity index (χ1v) is 4.21. The van der Waals surface area contributed by atoms with Crippen molar-refractivity contribution < 1.29 is 4.74 Å². The van der Waals surface area contributed by atoms with Crippen molar-refractivity contribution in [1.82, 2.24) is 10.3 Å². The Morgan fingerprint density at radius 2 is 2.43 bits per heavy atom. The van der Waals surface area contributed by atoms with Crippen molar-refractivity contribution in [2.24, 2.45) is 0 Å². The highest BCUT2D eigenvalue weighted by Crippen LogP contribution is 2.18. The second-order valence-corrected chi connectivity index (χ2v) is 2.64. The quantitative estimate of drug-likeness (QED) is 0.657. The van der Waals surface area contributed by atoms with E-state index in [2.05, 4.69) is 22.1 Å². The minimum absolute atomic E-state index is 0.381. The summed E-state index contributed by atoms with van der Waals surface area (Å²) < 4.78 is 5.02. The number of nitrogens with two attached hydrogens (primary N) is 1. The Morgan fingerprint density at radius 3 is 3.07 bits per heavy atom. The first-order chi connectivity index (χ1) is 6.77. The van der Waals surface area contributed by atoms with Crippen molar-refractivity contribution in [1.29, 1.82) is 0 Å². The number of hydrogen-bond acceptors (Lipinski definition) is 4. The van der Waals surface area contributed by atoms with Gasteiger partial charge in [0.25, 0.3) is 0 Å². The van der Waals surface area contributed by atoms with E-state index in [-0.39, 0.29) is 0 Å². The van der Waals surface area contributed by atoms with E-state index in [4.69, 9.17) is 10.5 Å². The monoisotopic (exact) mass is 191 g/mol. The lowest BCUT2D eigenvalue weighted by Gasteiger charge is -2.02. The van der Waals surface area contributed by atoms with Crippen LogP contribution in [0.15, 0.2) is 12.3 Å². The van der Waals surface area contributed by atoms with E-state index >= 15 is 0 Å². The number of nitrogens with one attached hydrogen (secondary N) is 1. The fourth-order valence-electron chi connectivity index (χ4n) is 0.922. The maximum atomic E-state index is 5.56. The van der Waals surface area contributed by atoms with Gasteiger partial charge in [-0.1, -0.05) is 11.8 Å². The van der Waals surface area contributed by atoms with Crippen LogP contribution in [0.25, 0.3) is 0 Å². The number of ether oxygens (including phenoxy) is 1. The number of pyridine rings is 1. The third-order valence-electron chi connectivity index (χ3n) is 1.60. The Kier molecular flexibility index (Phi) is 3.77. The Hall–Kier alpha value is -1.73. The van der Waals surface area contributed by atoms with Gasteiger partial charge in [-0.15, -0.1) is 0 Å². The van der Waals surface area contributed by atoms with Crippen molar-refractivity contribution in [3.63, 3.8) is 0 Å². The molecule has 1 aromatic heterocycles. The van der Waals surface area contributed by atoms with Gasteiger partial charge in [-0.05, 0) is 7.05 Å². The van der Waals surface area contributed by atoms with E-state index in [1.165, 1.54) is 0 Å². The van der Waals surface area contributed by atoms with Gasteiger partial charge in [0.1, 0.15) is 0 Å². The van der Waals surface area contributed by atoms with Crippen molar-refractivity contribution in [3.05, 3.63) is 17.8 Å². The van der Waals surface area contributed by atoms with Gasteiger partial charge >= 0.3 is 0 Å². The van der Waals surface area contributed by atoms with Crippen LogP contribution in [-0.4, -0.2) is 25.7 Å². The summed E-state index contributed by atoms with van der Waals surface area (Å²) >= 11 is 0. The van der Waals surface area contributed by atoms with Crippen molar-refractivity contribution in [3.8, 4) is 17.6 Å². The smallest absolute Gasteiger partial charge is 0.166 e. The molecular weight excluding hydrogens is 178 g/mol. The van der Waals surface area contributed by atoms with Crippen molar-refractivity contribution in [2.75, 3.05) is 26.4 Å². The molecule has 0 atom stereocenters. The van der Waals surface area contributed by atoms with Crippen molar-refractivity contribution in [2.45, 2.75) is 0 Å². The Balaban J connectivity index is 2.86. The largest absolute Gasteiger partial charge is 0.493 e. The molecule has 1 rings (SSSR count). The van der Waals surface area contributed by atoms with Crippen molar-refractivity contribution >= 4 is 5.82 Å². The molecule has 0 aromatic carbocycles. The van der Waals surface area contributed by atoms with Crippen LogP contribution in [0.1, 0.15) is 5.56 Å². The molecule has 0 radical (unpaired) electrons. The van der Waals surface area contributed by atoms with Crippen LogP contribution in [0.3, 0.4) is 0 Å². The number of nitrogens with zero attached hydrogens (tertiary/aromatic N) is 1. The lowest BCUT2D eigenvalue weighted by molar-refractivity contribution is 0.415. The maximum absolute atomic E-state index is 5.56. The van der Waals surface area contributed by atoms with E-state index in [1.54, 1.807) is 19.4 Å². The summed E-state index contributed by atoms with van der Waals surface area (Å²) in [6.45, 7) is 0.646. The number of aromatic nitrogens is 1. The summed E-state index contributed by atoms with van der Waals surface area (Å²) in [4.78, 5) is 3.96. The number of rotatable bonds is 2. The van der Waals surface area contributed by atoms with E-state index in [0.29, 0.717) is 18.1 Å². The molecule has 0 unspecified atom stereocenters. The van der Waals surface area contributed by atoms with Crippen LogP contribution in [0, 0.1) is 11.8 Å². The van der Waals surface area contributed by atoms with Gasteiger partial charge in [0.05, 0.1) is 13.7 Å². The highest BCUT2D eigenvalue weighted by Gasteiger charge is 1.99. The molecule has 4 heteroatoms. The lowest BCUT2D eigenvalue weighted by Crippen LogP contribution is -2.04. The molecule has 0 bridgehead atoms. The van der Waals surface area contributed by atoms with E-state index in [0.717, 1.165) is 5.56 Å². The molecule has 0 amide bonds. The molecule has 3 N–H and O–H groups in total. The number of methoxy groups -OCH3 is 1. The number of anilines is 1. The first-order valence-electron chi connectivity index (χ1n) is 4.21. The molecule has 14 heavy (non-hydrogen) atoms. The maximum Gasteiger partial charge on any atom is 0.166 e. The zero-order valence-corrected chi connectivity index (χ0v) is 8.29. The molecule has 0 fully saturated rings. The summed E-state index contributed by atoms with van der Waals surface area (Å²) in [6.07, 6.45) is 1.63. The SMILES string of the molecule is CNCC#Cc1cnc(N)c(OC)c1. The van der Waals surface area contributed by atoms with Gasteiger partial charge in [-0.3, -0.25) is 0 Å². The average molecular weight is 191 g/mol. The third kappa shape index (κ3) is 2.64. The third-order valence-corrected chi connectivity index (χ3v) is 1.60. The molecule has 0 aliphatic carbocycles. The van der Waals surface area contributed by atoms with Gasteiger partial charge in [0, 0.05) is 17.8 Å². The van der Waals surface area contributed by atoms with Crippen LogP contribution in [0.2, 0.25) is 0 Å². The normalized spacial score (nSPS) is 9.00. The lowest BCUT2D eigenvalue weighted by atomic mass is 10.2.